The zero-order valence-electron chi connectivity index (χ0n) is 14.1. The topological polar surface area (TPSA) is 71.4 Å². The Balaban J connectivity index is 1.71. The van der Waals surface area contributed by atoms with Crippen LogP contribution in [0, 0.1) is 13.8 Å². The maximum atomic E-state index is 10.3. The van der Waals surface area contributed by atoms with E-state index in [-0.39, 0.29) is 5.75 Å². The summed E-state index contributed by atoms with van der Waals surface area (Å²) in [7, 11) is 0. The predicted octanol–water partition coefficient (Wildman–Crippen LogP) is 3.39. The van der Waals surface area contributed by atoms with Gasteiger partial charge in [0, 0.05) is 17.8 Å². The molecule has 0 amide bonds. The van der Waals surface area contributed by atoms with Gasteiger partial charge in [-0.25, -0.2) is 0 Å². The van der Waals surface area contributed by atoms with Gasteiger partial charge in [0.2, 0.25) is 0 Å². The Labute approximate surface area is 145 Å². The van der Waals surface area contributed by atoms with Crippen LogP contribution < -0.4 is 9.64 Å². The molecule has 1 aromatic carbocycles. The van der Waals surface area contributed by atoms with Crippen LogP contribution in [0.1, 0.15) is 11.1 Å². The van der Waals surface area contributed by atoms with Crippen molar-refractivity contribution in [2.24, 2.45) is 0 Å². The SMILES string of the molecule is Cc1cc(C)c(-c2ccc(N3CCOc4ccncc43)nn2)c(O)c1. The summed E-state index contributed by atoms with van der Waals surface area (Å²) in [6.45, 7) is 5.18. The van der Waals surface area contributed by atoms with Gasteiger partial charge >= 0.3 is 0 Å². The lowest BCUT2D eigenvalue weighted by Crippen LogP contribution is -2.29. The molecule has 0 saturated carbocycles. The normalized spacial score (nSPS) is 13.3. The monoisotopic (exact) mass is 334 g/mol. The summed E-state index contributed by atoms with van der Waals surface area (Å²) < 4.78 is 5.65. The van der Waals surface area contributed by atoms with Crippen LogP contribution in [0.5, 0.6) is 11.5 Å². The Kier molecular flexibility index (Phi) is 3.72. The molecular formula is C19H18N4O2. The fourth-order valence-corrected chi connectivity index (χ4v) is 3.18. The maximum Gasteiger partial charge on any atom is 0.155 e. The molecule has 2 aromatic heterocycles. The van der Waals surface area contributed by atoms with Crippen molar-refractivity contribution in [3.8, 4) is 22.8 Å². The van der Waals surface area contributed by atoms with Gasteiger partial charge in [-0.1, -0.05) is 6.07 Å². The Morgan fingerprint density at radius 3 is 2.76 bits per heavy atom. The molecule has 126 valence electrons. The number of phenolic OH excluding ortho intramolecular Hbond substituents is 1. The fourth-order valence-electron chi connectivity index (χ4n) is 3.18. The van der Waals surface area contributed by atoms with Gasteiger partial charge < -0.3 is 14.7 Å². The minimum Gasteiger partial charge on any atom is -0.507 e. The van der Waals surface area contributed by atoms with E-state index in [9.17, 15) is 5.11 Å². The van der Waals surface area contributed by atoms with Gasteiger partial charge in [0.15, 0.2) is 5.82 Å². The van der Waals surface area contributed by atoms with Gasteiger partial charge in [0.1, 0.15) is 23.8 Å². The number of aromatic nitrogens is 3. The number of hydrogen-bond donors (Lipinski definition) is 1. The van der Waals surface area contributed by atoms with E-state index in [1.807, 2.05) is 43.0 Å². The van der Waals surface area contributed by atoms with Crippen molar-refractivity contribution in [2.45, 2.75) is 13.8 Å². The van der Waals surface area contributed by atoms with E-state index >= 15 is 0 Å². The molecule has 0 bridgehead atoms. The number of nitrogens with zero attached hydrogens (tertiary/aromatic N) is 4. The van der Waals surface area contributed by atoms with E-state index in [1.165, 1.54) is 0 Å². The third-order valence-corrected chi connectivity index (χ3v) is 4.27. The molecule has 25 heavy (non-hydrogen) atoms. The second-order valence-corrected chi connectivity index (χ2v) is 6.10. The van der Waals surface area contributed by atoms with Crippen molar-refractivity contribution in [3.63, 3.8) is 0 Å². The summed E-state index contributed by atoms with van der Waals surface area (Å²) in [6, 6.07) is 9.39. The molecule has 4 rings (SSSR count). The third-order valence-electron chi connectivity index (χ3n) is 4.27. The number of benzene rings is 1. The highest BCUT2D eigenvalue weighted by Gasteiger charge is 2.21. The Morgan fingerprint density at radius 2 is 2.00 bits per heavy atom. The average Bonchev–Trinajstić information content (AvgIpc) is 2.61. The summed E-state index contributed by atoms with van der Waals surface area (Å²) >= 11 is 0. The highest BCUT2D eigenvalue weighted by molar-refractivity contribution is 5.72. The highest BCUT2D eigenvalue weighted by Crippen LogP contribution is 2.36. The Bertz CT molecular complexity index is 902. The smallest absolute Gasteiger partial charge is 0.155 e. The molecule has 6 nitrogen and oxygen atoms in total. The number of fused-ring (bicyclic) bond motifs is 1. The zero-order valence-corrected chi connectivity index (χ0v) is 14.1. The van der Waals surface area contributed by atoms with Gasteiger partial charge in [-0.15, -0.1) is 10.2 Å². The quantitative estimate of drug-likeness (QED) is 0.774. The molecule has 0 saturated heterocycles. The number of hydrogen-bond acceptors (Lipinski definition) is 6. The first-order chi connectivity index (χ1) is 12.1. The van der Waals surface area contributed by atoms with Gasteiger partial charge in [-0.2, -0.15) is 0 Å². The third kappa shape index (κ3) is 2.76. The van der Waals surface area contributed by atoms with Crippen LogP contribution in [0.15, 0.2) is 42.7 Å². The first-order valence-corrected chi connectivity index (χ1v) is 8.12. The number of aromatic hydroxyl groups is 1. The Hall–Kier alpha value is -3.15. The standard InChI is InChI=1S/C19H18N4O2/c1-12-9-13(2)19(16(24)10-12)14-3-4-18(22-21-14)23-7-8-25-17-5-6-20-11-15(17)23/h3-6,9-11,24H,7-8H2,1-2H3. The molecule has 0 radical (unpaired) electrons. The van der Waals surface area contributed by atoms with Crippen LogP contribution >= 0.6 is 0 Å². The molecule has 0 atom stereocenters. The van der Waals surface area contributed by atoms with E-state index in [4.69, 9.17) is 4.74 Å². The minimum atomic E-state index is 0.223. The van der Waals surface area contributed by atoms with Gasteiger partial charge in [-0.05, 0) is 43.2 Å². The number of aryl methyl sites for hydroxylation is 2. The van der Waals surface area contributed by atoms with Gasteiger partial charge in [0.25, 0.3) is 0 Å². The van der Waals surface area contributed by atoms with Crippen LogP contribution in [0.2, 0.25) is 0 Å². The first kappa shape index (κ1) is 15.4. The van der Waals surface area contributed by atoms with Crippen LogP contribution in [0.3, 0.4) is 0 Å². The molecule has 0 aliphatic carbocycles. The summed E-state index contributed by atoms with van der Waals surface area (Å²) in [5.74, 6) is 1.74. The zero-order chi connectivity index (χ0) is 17.4. The van der Waals surface area contributed by atoms with E-state index in [0.717, 1.165) is 28.4 Å². The molecular weight excluding hydrogens is 316 g/mol. The lowest BCUT2D eigenvalue weighted by molar-refractivity contribution is 0.313. The lowest BCUT2D eigenvalue weighted by Gasteiger charge is -2.29. The molecule has 0 unspecified atom stereocenters. The molecule has 3 heterocycles. The predicted molar refractivity (Wildman–Crippen MR) is 95.3 cm³/mol. The van der Waals surface area contributed by atoms with Crippen LogP contribution in [0.4, 0.5) is 11.5 Å². The highest BCUT2D eigenvalue weighted by atomic mass is 16.5. The van der Waals surface area contributed by atoms with Crippen molar-refractivity contribution in [3.05, 3.63) is 53.9 Å². The van der Waals surface area contributed by atoms with Crippen LogP contribution in [-0.2, 0) is 0 Å². The van der Waals surface area contributed by atoms with E-state index in [0.29, 0.717) is 24.4 Å². The number of phenols is 1. The average molecular weight is 334 g/mol. The minimum absolute atomic E-state index is 0.223. The number of rotatable bonds is 2. The summed E-state index contributed by atoms with van der Waals surface area (Å²) in [5.41, 5.74) is 4.23. The van der Waals surface area contributed by atoms with Crippen LogP contribution in [-0.4, -0.2) is 33.4 Å². The van der Waals surface area contributed by atoms with E-state index in [2.05, 4.69) is 15.2 Å². The summed E-state index contributed by atoms with van der Waals surface area (Å²) in [5, 5.41) is 19.0. The first-order valence-electron chi connectivity index (χ1n) is 8.12. The van der Waals surface area contributed by atoms with Crippen molar-refractivity contribution >= 4 is 11.5 Å². The maximum absolute atomic E-state index is 10.3. The molecule has 0 spiro atoms. The molecule has 1 N–H and O–H groups in total. The molecule has 0 fully saturated rings. The lowest BCUT2D eigenvalue weighted by atomic mass is 10.0. The molecule has 6 heteroatoms. The summed E-state index contributed by atoms with van der Waals surface area (Å²) in [4.78, 5) is 6.20. The van der Waals surface area contributed by atoms with E-state index in [1.54, 1.807) is 18.5 Å². The molecule has 1 aliphatic rings. The summed E-state index contributed by atoms with van der Waals surface area (Å²) in [6.07, 6.45) is 3.47. The van der Waals surface area contributed by atoms with E-state index < -0.39 is 0 Å². The fraction of sp³-hybridized carbons (Fsp3) is 0.211. The molecule has 1 aliphatic heterocycles. The largest absolute Gasteiger partial charge is 0.507 e. The number of ether oxygens (including phenoxy) is 1. The molecule has 3 aromatic rings. The van der Waals surface area contributed by atoms with Crippen LogP contribution in [0.25, 0.3) is 11.3 Å². The number of pyridine rings is 1. The second-order valence-electron chi connectivity index (χ2n) is 6.10. The van der Waals surface area contributed by atoms with Crippen molar-refractivity contribution < 1.29 is 9.84 Å². The number of anilines is 2. The second kappa shape index (κ2) is 6.05. The van der Waals surface area contributed by atoms with Gasteiger partial charge in [-0.3, -0.25) is 4.98 Å². The van der Waals surface area contributed by atoms with Crippen molar-refractivity contribution in [1.29, 1.82) is 0 Å². The Morgan fingerprint density at radius 1 is 1.12 bits per heavy atom. The van der Waals surface area contributed by atoms with Crippen molar-refractivity contribution in [1.82, 2.24) is 15.2 Å². The van der Waals surface area contributed by atoms with Gasteiger partial charge in [0.05, 0.1) is 18.4 Å². The van der Waals surface area contributed by atoms with Crippen molar-refractivity contribution in [2.75, 3.05) is 18.1 Å².